The van der Waals surface area contributed by atoms with Gasteiger partial charge in [0.1, 0.15) is 0 Å². The minimum atomic E-state index is -1.34. The zero-order chi connectivity index (χ0) is 15.2. The summed E-state index contributed by atoms with van der Waals surface area (Å²) in [6.07, 6.45) is 1.66. The van der Waals surface area contributed by atoms with E-state index >= 15 is 0 Å². The van der Waals surface area contributed by atoms with Gasteiger partial charge < -0.3 is 15.8 Å². The molecular weight excluding hydrogens is 272 g/mol. The number of amides is 1. The minimum Gasteiger partial charge on any atom is -0.464 e. The van der Waals surface area contributed by atoms with E-state index in [0.29, 0.717) is 5.69 Å². The first-order chi connectivity index (χ1) is 10.1. The largest absolute Gasteiger partial charge is 0.464 e. The van der Waals surface area contributed by atoms with Crippen molar-refractivity contribution in [3.63, 3.8) is 0 Å². The predicted octanol–water partition coefficient (Wildman–Crippen LogP) is 0.906. The number of esters is 1. The lowest BCUT2D eigenvalue weighted by Crippen LogP contribution is -2.43. The monoisotopic (exact) mass is 288 g/mol. The smallest absolute Gasteiger partial charge is 0.332 e. The van der Waals surface area contributed by atoms with Crippen LogP contribution in [-0.2, 0) is 14.3 Å². The van der Waals surface area contributed by atoms with Crippen LogP contribution in [0.4, 0.5) is 5.69 Å². The zero-order valence-electron chi connectivity index (χ0n) is 11.5. The maximum absolute atomic E-state index is 11.8. The Morgan fingerprint density at radius 3 is 2.62 bits per heavy atom. The first-order valence-electron chi connectivity index (χ1n) is 6.44. The van der Waals surface area contributed by atoms with Crippen molar-refractivity contribution in [2.45, 2.75) is 13.0 Å². The van der Waals surface area contributed by atoms with Crippen LogP contribution in [0.1, 0.15) is 6.92 Å². The van der Waals surface area contributed by atoms with Crippen LogP contribution in [-0.4, -0.2) is 34.7 Å². The fraction of sp³-hybridized carbons (Fsp3) is 0.214. The second-order valence-corrected chi connectivity index (χ2v) is 4.27. The molecule has 1 aromatic carbocycles. The van der Waals surface area contributed by atoms with E-state index in [1.54, 1.807) is 25.3 Å². The maximum atomic E-state index is 11.8. The average Bonchev–Trinajstić information content (AvgIpc) is 3.01. The van der Waals surface area contributed by atoms with Crippen LogP contribution >= 0.6 is 0 Å². The molecule has 21 heavy (non-hydrogen) atoms. The van der Waals surface area contributed by atoms with Crippen molar-refractivity contribution in [1.29, 1.82) is 0 Å². The van der Waals surface area contributed by atoms with Crippen LogP contribution in [0, 0.1) is 0 Å². The lowest BCUT2D eigenvalue weighted by Gasteiger charge is -2.11. The molecule has 110 valence electrons. The quantitative estimate of drug-likeness (QED) is 0.559. The molecule has 0 fully saturated rings. The highest BCUT2D eigenvalue weighted by Gasteiger charge is 2.23. The van der Waals surface area contributed by atoms with Crippen LogP contribution in [0.5, 0.6) is 0 Å². The molecule has 1 aromatic heterocycles. The van der Waals surface area contributed by atoms with E-state index in [1.165, 1.54) is 0 Å². The Labute approximate surface area is 121 Å². The Morgan fingerprint density at radius 2 is 2.05 bits per heavy atom. The summed E-state index contributed by atoms with van der Waals surface area (Å²) >= 11 is 0. The topological polar surface area (TPSA) is 110 Å². The summed E-state index contributed by atoms with van der Waals surface area (Å²) in [6.45, 7) is 1.83. The van der Waals surface area contributed by atoms with Gasteiger partial charge in [-0.15, -0.1) is 0 Å². The molecule has 0 saturated carbocycles. The van der Waals surface area contributed by atoms with E-state index in [2.05, 4.69) is 15.5 Å². The predicted molar refractivity (Wildman–Crippen MR) is 77.3 cm³/mol. The van der Waals surface area contributed by atoms with Crippen LogP contribution in [0.15, 0.2) is 36.5 Å². The van der Waals surface area contributed by atoms with Crippen LogP contribution in [0.25, 0.3) is 11.3 Å². The number of aromatic amines is 1. The van der Waals surface area contributed by atoms with Gasteiger partial charge in [-0.1, -0.05) is 12.1 Å². The summed E-state index contributed by atoms with van der Waals surface area (Å²) in [4.78, 5) is 23.2. The number of benzene rings is 1. The summed E-state index contributed by atoms with van der Waals surface area (Å²) < 4.78 is 4.69. The minimum absolute atomic E-state index is 0.179. The maximum Gasteiger partial charge on any atom is 0.332 e. The molecule has 1 amide bonds. The highest BCUT2D eigenvalue weighted by Crippen LogP contribution is 2.18. The number of ether oxygens (including phenoxy) is 1. The molecule has 0 aliphatic heterocycles. The molecule has 2 rings (SSSR count). The van der Waals surface area contributed by atoms with Gasteiger partial charge in [-0.3, -0.25) is 9.89 Å². The standard InChI is InChI=1S/C14H16N4O3/c1-2-21-14(20)12(15)13(19)17-10-5-3-9(4-6-10)11-7-8-16-18-11/h3-8,12H,2,15H2,1H3,(H,16,18)(H,17,19). The number of anilines is 1. The van der Waals surface area contributed by atoms with E-state index in [4.69, 9.17) is 10.5 Å². The van der Waals surface area contributed by atoms with E-state index in [0.717, 1.165) is 11.3 Å². The molecule has 0 aliphatic rings. The second kappa shape index (κ2) is 6.67. The van der Waals surface area contributed by atoms with Crippen molar-refractivity contribution < 1.29 is 14.3 Å². The normalized spacial score (nSPS) is 11.7. The molecular formula is C14H16N4O3. The van der Waals surface area contributed by atoms with Crippen LogP contribution < -0.4 is 11.1 Å². The molecule has 7 nitrogen and oxygen atoms in total. The Hall–Kier alpha value is -2.67. The van der Waals surface area contributed by atoms with Crippen molar-refractivity contribution in [2.75, 3.05) is 11.9 Å². The van der Waals surface area contributed by atoms with Gasteiger partial charge in [0.2, 0.25) is 0 Å². The molecule has 1 heterocycles. The summed E-state index contributed by atoms with van der Waals surface area (Å²) in [5.41, 5.74) is 7.85. The zero-order valence-corrected chi connectivity index (χ0v) is 11.5. The third-order valence-electron chi connectivity index (χ3n) is 2.79. The lowest BCUT2D eigenvalue weighted by molar-refractivity contribution is -0.146. The number of nitrogens with one attached hydrogen (secondary N) is 2. The molecule has 7 heteroatoms. The number of hydrogen-bond acceptors (Lipinski definition) is 5. The number of nitrogens with zero attached hydrogens (tertiary/aromatic N) is 1. The van der Waals surface area contributed by atoms with Gasteiger partial charge in [-0.2, -0.15) is 5.10 Å². The molecule has 4 N–H and O–H groups in total. The van der Waals surface area contributed by atoms with Crippen molar-refractivity contribution >= 4 is 17.6 Å². The number of hydrogen-bond donors (Lipinski definition) is 3. The van der Waals surface area contributed by atoms with Gasteiger partial charge in [0, 0.05) is 11.9 Å². The molecule has 0 spiro atoms. The number of carbonyl (C=O) groups excluding carboxylic acids is 2. The molecule has 0 saturated heterocycles. The number of carbonyl (C=O) groups is 2. The summed E-state index contributed by atoms with van der Waals surface area (Å²) in [5, 5.41) is 9.27. The van der Waals surface area contributed by atoms with Gasteiger partial charge in [0.25, 0.3) is 5.91 Å². The third-order valence-corrected chi connectivity index (χ3v) is 2.79. The summed E-state index contributed by atoms with van der Waals surface area (Å²) in [7, 11) is 0. The Kier molecular flexibility index (Phi) is 4.68. The first-order valence-corrected chi connectivity index (χ1v) is 6.44. The second-order valence-electron chi connectivity index (χ2n) is 4.27. The Bertz CT molecular complexity index is 608. The highest BCUT2D eigenvalue weighted by molar-refractivity contribution is 6.08. The van der Waals surface area contributed by atoms with Crippen molar-refractivity contribution in [1.82, 2.24) is 10.2 Å². The summed E-state index contributed by atoms with van der Waals surface area (Å²) in [5.74, 6) is -1.35. The number of nitrogens with two attached hydrogens (primary N) is 1. The van der Waals surface area contributed by atoms with Gasteiger partial charge in [0.05, 0.1) is 12.3 Å². The fourth-order valence-corrected chi connectivity index (χ4v) is 1.71. The molecule has 1 atom stereocenters. The number of rotatable bonds is 5. The average molecular weight is 288 g/mol. The molecule has 0 bridgehead atoms. The molecule has 0 radical (unpaired) electrons. The van der Waals surface area contributed by atoms with E-state index in [-0.39, 0.29) is 6.61 Å². The van der Waals surface area contributed by atoms with E-state index in [1.807, 2.05) is 18.2 Å². The highest BCUT2D eigenvalue weighted by atomic mass is 16.5. The SMILES string of the molecule is CCOC(=O)C(N)C(=O)Nc1ccc(-c2ccn[nH]2)cc1. The Morgan fingerprint density at radius 1 is 1.33 bits per heavy atom. The van der Waals surface area contributed by atoms with Crippen molar-refractivity contribution in [2.24, 2.45) is 5.73 Å². The number of aromatic nitrogens is 2. The first kappa shape index (κ1) is 14.7. The van der Waals surface area contributed by atoms with Crippen LogP contribution in [0.2, 0.25) is 0 Å². The number of H-pyrrole nitrogens is 1. The van der Waals surface area contributed by atoms with Gasteiger partial charge >= 0.3 is 5.97 Å². The molecule has 1 unspecified atom stereocenters. The molecule has 2 aromatic rings. The van der Waals surface area contributed by atoms with Gasteiger partial charge in [-0.05, 0) is 30.7 Å². The van der Waals surface area contributed by atoms with Gasteiger partial charge in [0.15, 0.2) is 6.04 Å². The Balaban J connectivity index is 2.00. The van der Waals surface area contributed by atoms with Crippen molar-refractivity contribution in [3.05, 3.63) is 36.5 Å². The lowest BCUT2D eigenvalue weighted by atomic mass is 10.1. The fourth-order valence-electron chi connectivity index (χ4n) is 1.71. The van der Waals surface area contributed by atoms with Crippen LogP contribution in [0.3, 0.4) is 0 Å². The molecule has 0 aliphatic carbocycles. The van der Waals surface area contributed by atoms with E-state index in [9.17, 15) is 9.59 Å². The van der Waals surface area contributed by atoms with Crippen molar-refractivity contribution in [3.8, 4) is 11.3 Å². The van der Waals surface area contributed by atoms with E-state index < -0.39 is 17.9 Å². The van der Waals surface area contributed by atoms with Gasteiger partial charge in [-0.25, -0.2) is 4.79 Å². The third kappa shape index (κ3) is 3.67. The summed E-state index contributed by atoms with van der Waals surface area (Å²) in [6, 6.07) is 7.57.